The van der Waals surface area contributed by atoms with Gasteiger partial charge >= 0.3 is 0 Å². The van der Waals surface area contributed by atoms with E-state index in [1.807, 2.05) is 31.3 Å². The molecule has 1 heterocycles. The van der Waals surface area contributed by atoms with Crippen LogP contribution in [-0.2, 0) is 33.1 Å². The average Bonchev–Trinajstić information content (AvgIpc) is 2.39. The minimum Gasteiger partial charge on any atom is -0.316 e. The molecular weight excluding hydrogens is 296 g/mol. The summed E-state index contributed by atoms with van der Waals surface area (Å²) in [5.74, 6) is 0.898. The van der Waals surface area contributed by atoms with Crippen LogP contribution in [0.5, 0.6) is 0 Å². The first-order chi connectivity index (χ1) is 9.51. The van der Waals surface area contributed by atoms with E-state index in [-0.39, 0.29) is 5.75 Å². The SMILES string of the molecule is CNCc1cccc(CS(=O)(=O)N2CCS(=O)CC2)c1. The molecule has 0 amide bonds. The van der Waals surface area contributed by atoms with Crippen molar-refractivity contribution in [2.45, 2.75) is 12.3 Å². The number of nitrogens with one attached hydrogen (secondary N) is 1. The number of hydrogen-bond acceptors (Lipinski definition) is 4. The summed E-state index contributed by atoms with van der Waals surface area (Å²) < 4.78 is 37.4. The van der Waals surface area contributed by atoms with Gasteiger partial charge in [0.05, 0.1) is 5.75 Å². The Bertz CT molecular complexity index is 577. The molecule has 20 heavy (non-hydrogen) atoms. The molecule has 2 rings (SSSR count). The fourth-order valence-corrected chi connectivity index (χ4v) is 5.04. The van der Waals surface area contributed by atoms with Gasteiger partial charge in [0.2, 0.25) is 10.0 Å². The van der Waals surface area contributed by atoms with Crippen molar-refractivity contribution in [3.63, 3.8) is 0 Å². The lowest BCUT2D eigenvalue weighted by atomic mass is 10.1. The third-order valence-electron chi connectivity index (χ3n) is 3.25. The molecule has 0 atom stereocenters. The van der Waals surface area contributed by atoms with E-state index in [1.54, 1.807) is 0 Å². The molecule has 5 nitrogen and oxygen atoms in total. The average molecular weight is 316 g/mol. The molecule has 0 spiro atoms. The van der Waals surface area contributed by atoms with Gasteiger partial charge in [-0.3, -0.25) is 4.21 Å². The molecule has 1 aromatic carbocycles. The third kappa shape index (κ3) is 4.12. The first-order valence-corrected chi connectivity index (χ1v) is 9.66. The molecule has 1 N–H and O–H groups in total. The van der Waals surface area contributed by atoms with Crippen LogP contribution in [0, 0.1) is 0 Å². The zero-order valence-corrected chi connectivity index (χ0v) is 13.2. The van der Waals surface area contributed by atoms with Crippen molar-refractivity contribution in [2.24, 2.45) is 0 Å². The monoisotopic (exact) mass is 316 g/mol. The second-order valence-electron chi connectivity index (χ2n) is 4.85. The molecule has 0 bridgehead atoms. The van der Waals surface area contributed by atoms with Gasteiger partial charge in [0.25, 0.3) is 0 Å². The van der Waals surface area contributed by atoms with Crippen molar-refractivity contribution in [1.82, 2.24) is 9.62 Å². The van der Waals surface area contributed by atoms with Gasteiger partial charge in [-0.2, -0.15) is 4.31 Å². The Kier molecular flexibility index (Phi) is 5.31. The topological polar surface area (TPSA) is 66.5 Å². The molecule has 1 fully saturated rings. The highest BCUT2D eigenvalue weighted by atomic mass is 32.2. The van der Waals surface area contributed by atoms with E-state index in [1.165, 1.54) is 4.31 Å². The smallest absolute Gasteiger partial charge is 0.218 e. The summed E-state index contributed by atoms with van der Waals surface area (Å²) in [4.78, 5) is 0. The summed E-state index contributed by atoms with van der Waals surface area (Å²) >= 11 is 0. The van der Waals surface area contributed by atoms with Gasteiger partial charge in [-0.05, 0) is 18.2 Å². The minimum atomic E-state index is -3.31. The van der Waals surface area contributed by atoms with E-state index in [4.69, 9.17) is 0 Å². The Balaban J connectivity index is 2.07. The Hall–Kier alpha value is -0.760. The van der Waals surface area contributed by atoms with Gasteiger partial charge in [0.1, 0.15) is 0 Å². The van der Waals surface area contributed by atoms with Crippen molar-refractivity contribution in [1.29, 1.82) is 0 Å². The van der Waals surface area contributed by atoms with E-state index in [2.05, 4.69) is 5.32 Å². The molecule has 0 aliphatic carbocycles. The van der Waals surface area contributed by atoms with Crippen molar-refractivity contribution in [2.75, 3.05) is 31.6 Å². The first-order valence-electron chi connectivity index (χ1n) is 6.56. The normalized spacial score (nSPS) is 18.2. The van der Waals surface area contributed by atoms with Crippen LogP contribution in [-0.4, -0.2) is 48.6 Å². The molecule has 112 valence electrons. The lowest BCUT2D eigenvalue weighted by Gasteiger charge is -2.25. The quantitative estimate of drug-likeness (QED) is 0.848. The van der Waals surface area contributed by atoms with E-state index in [0.717, 1.165) is 17.7 Å². The summed E-state index contributed by atoms with van der Waals surface area (Å²) in [5.41, 5.74) is 1.87. The third-order valence-corrected chi connectivity index (χ3v) is 6.38. The minimum absolute atomic E-state index is 0.0111. The van der Waals surface area contributed by atoms with E-state index in [0.29, 0.717) is 24.6 Å². The molecule has 0 aromatic heterocycles. The molecule has 0 unspecified atom stereocenters. The Morgan fingerprint density at radius 3 is 2.55 bits per heavy atom. The number of sulfonamides is 1. The van der Waals surface area contributed by atoms with Crippen molar-refractivity contribution >= 4 is 20.8 Å². The predicted octanol–water partition coefficient (Wildman–Crippen LogP) is 0.300. The van der Waals surface area contributed by atoms with Crippen LogP contribution >= 0.6 is 0 Å². The largest absolute Gasteiger partial charge is 0.316 e. The van der Waals surface area contributed by atoms with Crippen LogP contribution in [0.25, 0.3) is 0 Å². The van der Waals surface area contributed by atoms with Crippen molar-refractivity contribution < 1.29 is 12.6 Å². The van der Waals surface area contributed by atoms with Gasteiger partial charge in [0, 0.05) is 41.9 Å². The molecule has 0 radical (unpaired) electrons. The van der Waals surface area contributed by atoms with E-state index in [9.17, 15) is 12.6 Å². The van der Waals surface area contributed by atoms with Crippen LogP contribution in [0.3, 0.4) is 0 Å². The van der Waals surface area contributed by atoms with Crippen molar-refractivity contribution in [3.05, 3.63) is 35.4 Å². The van der Waals surface area contributed by atoms with E-state index >= 15 is 0 Å². The number of nitrogens with zero attached hydrogens (tertiary/aromatic N) is 1. The van der Waals surface area contributed by atoms with Gasteiger partial charge in [0.15, 0.2) is 0 Å². The zero-order chi connectivity index (χ0) is 14.6. The van der Waals surface area contributed by atoms with Gasteiger partial charge < -0.3 is 5.32 Å². The van der Waals surface area contributed by atoms with Crippen LogP contribution < -0.4 is 5.32 Å². The first kappa shape index (κ1) is 15.6. The molecule has 1 saturated heterocycles. The Labute approximate surface area is 122 Å². The molecule has 1 aliphatic rings. The molecular formula is C13H20N2O3S2. The highest BCUT2D eigenvalue weighted by Gasteiger charge is 2.26. The predicted molar refractivity (Wildman–Crippen MR) is 81.3 cm³/mol. The highest BCUT2D eigenvalue weighted by Crippen LogP contribution is 2.14. The second-order valence-corrected chi connectivity index (χ2v) is 8.52. The lowest BCUT2D eigenvalue weighted by Crippen LogP contribution is -2.42. The lowest BCUT2D eigenvalue weighted by molar-refractivity contribution is 0.438. The maximum atomic E-state index is 12.3. The van der Waals surface area contributed by atoms with E-state index < -0.39 is 20.8 Å². The number of benzene rings is 1. The maximum absolute atomic E-state index is 12.3. The summed E-state index contributed by atoms with van der Waals surface area (Å²) in [7, 11) is -2.32. The fourth-order valence-electron chi connectivity index (χ4n) is 2.23. The fraction of sp³-hybridized carbons (Fsp3) is 0.538. The van der Waals surface area contributed by atoms with Gasteiger partial charge in [-0.1, -0.05) is 24.3 Å². The standard InChI is InChI=1S/C13H20N2O3S2/c1-14-10-12-3-2-4-13(9-12)11-20(17,18)15-5-7-19(16)8-6-15/h2-4,9,14H,5-8,10-11H2,1H3. The van der Waals surface area contributed by atoms with Crippen LogP contribution in [0.2, 0.25) is 0 Å². The summed E-state index contributed by atoms with van der Waals surface area (Å²) in [5, 5.41) is 3.05. The zero-order valence-electron chi connectivity index (χ0n) is 11.5. The Morgan fingerprint density at radius 1 is 1.25 bits per heavy atom. The van der Waals surface area contributed by atoms with Crippen LogP contribution in [0.1, 0.15) is 11.1 Å². The number of hydrogen-bond donors (Lipinski definition) is 1. The summed E-state index contributed by atoms with van der Waals surface area (Å²) in [6, 6.07) is 7.59. The Morgan fingerprint density at radius 2 is 1.90 bits per heavy atom. The van der Waals surface area contributed by atoms with Crippen molar-refractivity contribution in [3.8, 4) is 0 Å². The van der Waals surface area contributed by atoms with Gasteiger partial charge in [-0.15, -0.1) is 0 Å². The molecule has 1 aliphatic heterocycles. The summed E-state index contributed by atoms with van der Waals surface area (Å²) in [6.07, 6.45) is 0. The van der Waals surface area contributed by atoms with Gasteiger partial charge in [-0.25, -0.2) is 8.42 Å². The maximum Gasteiger partial charge on any atom is 0.218 e. The van der Waals surface area contributed by atoms with Crippen LogP contribution in [0.15, 0.2) is 24.3 Å². The highest BCUT2D eigenvalue weighted by molar-refractivity contribution is 7.88. The summed E-state index contributed by atoms with van der Waals surface area (Å²) in [6.45, 7) is 1.45. The second kappa shape index (κ2) is 6.80. The molecule has 0 saturated carbocycles. The van der Waals surface area contributed by atoms with Crippen LogP contribution in [0.4, 0.5) is 0 Å². The molecule has 7 heteroatoms. The molecule has 1 aromatic rings. The number of rotatable bonds is 5.